The van der Waals surface area contributed by atoms with Gasteiger partial charge in [0.15, 0.2) is 5.13 Å². The molecule has 3 rings (SSSR count). The second kappa shape index (κ2) is 5.91. The van der Waals surface area contributed by atoms with Crippen LogP contribution in [0.5, 0.6) is 11.5 Å². The second-order valence-electron chi connectivity index (χ2n) is 4.32. The minimum absolute atomic E-state index is 0.747. The van der Waals surface area contributed by atoms with Gasteiger partial charge in [0.25, 0.3) is 0 Å². The summed E-state index contributed by atoms with van der Waals surface area (Å²) in [6, 6.07) is 11.7. The van der Waals surface area contributed by atoms with Gasteiger partial charge >= 0.3 is 0 Å². The first-order valence-corrected chi connectivity index (χ1v) is 7.85. The molecule has 0 aliphatic heterocycles. The van der Waals surface area contributed by atoms with Gasteiger partial charge in [-0.25, -0.2) is 4.98 Å². The van der Waals surface area contributed by atoms with E-state index in [-0.39, 0.29) is 0 Å². The first-order chi connectivity index (χ1) is 10.2. The van der Waals surface area contributed by atoms with E-state index in [1.807, 2.05) is 36.4 Å². The van der Waals surface area contributed by atoms with Gasteiger partial charge in [0.05, 0.1) is 30.1 Å². The maximum absolute atomic E-state index is 5.36. The Hall–Kier alpha value is -1.79. The van der Waals surface area contributed by atoms with Crippen LogP contribution in [0.1, 0.15) is 0 Å². The van der Waals surface area contributed by atoms with Crippen molar-refractivity contribution >= 4 is 48.3 Å². The molecule has 1 aromatic heterocycles. The van der Waals surface area contributed by atoms with E-state index in [9.17, 15) is 0 Å². The highest BCUT2D eigenvalue weighted by atomic mass is 79.9. The highest BCUT2D eigenvalue weighted by molar-refractivity contribution is 9.10. The molecule has 0 atom stereocenters. The number of hydrogen-bond acceptors (Lipinski definition) is 5. The Kier molecular flexibility index (Phi) is 3.98. The maximum atomic E-state index is 5.36. The molecule has 0 amide bonds. The fraction of sp³-hybridized carbons (Fsp3) is 0.133. The number of aromatic nitrogens is 1. The molecule has 0 radical (unpaired) electrons. The monoisotopic (exact) mass is 364 g/mol. The minimum Gasteiger partial charge on any atom is -0.497 e. The standard InChI is InChI=1S/C15H13BrN2O2S/c1-19-10-4-5-13(20-2)11(8-10)17-15-18-12-7-9(16)3-6-14(12)21-15/h3-8H,1-2H3,(H,17,18). The lowest BCUT2D eigenvalue weighted by atomic mass is 10.2. The molecule has 0 spiro atoms. The molecule has 1 heterocycles. The van der Waals surface area contributed by atoms with Gasteiger partial charge in [-0.15, -0.1) is 0 Å². The normalized spacial score (nSPS) is 10.6. The van der Waals surface area contributed by atoms with E-state index >= 15 is 0 Å². The fourth-order valence-electron chi connectivity index (χ4n) is 1.98. The molecule has 0 saturated heterocycles. The number of nitrogens with zero attached hydrogens (tertiary/aromatic N) is 1. The number of anilines is 2. The largest absolute Gasteiger partial charge is 0.497 e. The van der Waals surface area contributed by atoms with Crippen LogP contribution < -0.4 is 14.8 Å². The Labute approximate surface area is 134 Å². The Morgan fingerprint density at radius 3 is 2.71 bits per heavy atom. The van der Waals surface area contributed by atoms with Gasteiger partial charge in [-0.3, -0.25) is 0 Å². The van der Waals surface area contributed by atoms with Crippen LogP contribution in [0.15, 0.2) is 40.9 Å². The number of thiazole rings is 1. The van der Waals surface area contributed by atoms with Crippen molar-refractivity contribution in [1.82, 2.24) is 4.98 Å². The van der Waals surface area contributed by atoms with Crippen LogP contribution in [0.3, 0.4) is 0 Å². The molecule has 0 unspecified atom stereocenters. The maximum Gasteiger partial charge on any atom is 0.188 e. The number of hydrogen-bond donors (Lipinski definition) is 1. The molecule has 6 heteroatoms. The number of halogens is 1. The molecule has 0 bridgehead atoms. The minimum atomic E-state index is 0.747. The lowest BCUT2D eigenvalue weighted by molar-refractivity contribution is 0.405. The molecule has 1 N–H and O–H groups in total. The highest BCUT2D eigenvalue weighted by Gasteiger charge is 2.09. The van der Waals surface area contributed by atoms with Gasteiger partial charge in [0.2, 0.25) is 0 Å². The summed E-state index contributed by atoms with van der Waals surface area (Å²) in [5.41, 5.74) is 1.79. The number of benzene rings is 2. The summed E-state index contributed by atoms with van der Waals surface area (Å²) in [4.78, 5) is 4.58. The quantitative estimate of drug-likeness (QED) is 0.720. The summed E-state index contributed by atoms with van der Waals surface area (Å²) >= 11 is 5.05. The number of nitrogens with one attached hydrogen (secondary N) is 1. The summed E-state index contributed by atoms with van der Waals surface area (Å²) in [5.74, 6) is 1.51. The fourth-order valence-corrected chi connectivity index (χ4v) is 3.19. The third-order valence-electron chi connectivity index (χ3n) is 3.00. The smallest absolute Gasteiger partial charge is 0.188 e. The predicted molar refractivity (Wildman–Crippen MR) is 90.1 cm³/mol. The van der Waals surface area contributed by atoms with Crippen molar-refractivity contribution in [1.29, 1.82) is 0 Å². The van der Waals surface area contributed by atoms with Crippen LogP contribution in [0, 0.1) is 0 Å². The lowest BCUT2D eigenvalue weighted by Crippen LogP contribution is -1.95. The van der Waals surface area contributed by atoms with Crippen LogP contribution in [0.2, 0.25) is 0 Å². The molecule has 2 aromatic carbocycles. The number of rotatable bonds is 4. The van der Waals surface area contributed by atoms with Gasteiger partial charge in [-0.1, -0.05) is 27.3 Å². The van der Waals surface area contributed by atoms with E-state index in [1.54, 1.807) is 25.6 Å². The van der Waals surface area contributed by atoms with E-state index in [2.05, 4.69) is 26.2 Å². The van der Waals surface area contributed by atoms with E-state index in [0.29, 0.717) is 0 Å². The van der Waals surface area contributed by atoms with Crippen LogP contribution in [0.4, 0.5) is 10.8 Å². The summed E-state index contributed by atoms with van der Waals surface area (Å²) in [6.07, 6.45) is 0. The zero-order valence-electron chi connectivity index (χ0n) is 11.5. The van der Waals surface area contributed by atoms with E-state index in [0.717, 1.165) is 37.0 Å². The Balaban J connectivity index is 1.97. The average Bonchev–Trinajstić information content (AvgIpc) is 2.88. The van der Waals surface area contributed by atoms with Crippen molar-refractivity contribution in [2.45, 2.75) is 0 Å². The molecule has 0 saturated carbocycles. The molecule has 4 nitrogen and oxygen atoms in total. The zero-order chi connectivity index (χ0) is 14.8. The van der Waals surface area contributed by atoms with Gasteiger partial charge in [-0.2, -0.15) is 0 Å². The van der Waals surface area contributed by atoms with Crippen LogP contribution in [-0.2, 0) is 0 Å². The second-order valence-corrected chi connectivity index (χ2v) is 6.27. The Morgan fingerprint density at radius 2 is 1.95 bits per heavy atom. The van der Waals surface area contributed by atoms with E-state index < -0.39 is 0 Å². The van der Waals surface area contributed by atoms with Gasteiger partial charge in [-0.05, 0) is 30.3 Å². The molecular formula is C15H13BrN2O2S. The third-order valence-corrected chi connectivity index (χ3v) is 4.44. The highest BCUT2D eigenvalue weighted by Crippen LogP contribution is 2.35. The van der Waals surface area contributed by atoms with Crippen molar-refractivity contribution < 1.29 is 9.47 Å². The molecular weight excluding hydrogens is 352 g/mol. The summed E-state index contributed by atoms with van der Waals surface area (Å²) in [5, 5.41) is 4.11. The van der Waals surface area contributed by atoms with Gasteiger partial charge in [0.1, 0.15) is 11.5 Å². The number of ether oxygens (including phenoxy) is 2. The van der Waals surface area contributed by atoms with Crippen molar-refractivity contribution in [3.8, 4) is 11.5 Å². The van der Waals surface area contributed by atoms with E-state index in [1.165, 1.54) is 0 Å². The molecule has 108 valence electrons. The summed E-state index contributed by atoms with van der Waals surface area (Å²) in [6.45, 7) is 0. The molecule has 0 aliphatic carbocycles. The lowest BCUT2D eigenvalue weighted by Gasteiger charge is -2.10. The van der Waals surface area contributed by atoms with Gasteiger partial charge in [0, 0.05) is 10.5 Å². The first kappa shape index (κ1) is 14.2. The average molecular weight is 365 g/mol. The van der Waals surface area contributed by atoms with Crippen molar-refractivity contribution in [3.05, 3.63) is 40.9 Å². The van der Waals surface area contributed by atoms with Crippen LogP contribution in [0.25, 0.3) is 10.2 Å². The van der Waals surface area contributed by atoms with Crippen LogP contribution in [-0.4, -0.2) is 19.2 Å². The van der Waals surface area contributed by atoms with Crippen molar-refractivity contribution in [2.24, 2.45) is 0 Å². The predicted octanol–water partition coefficient (Wildman–Crippen LogP) is 4.82. The number of fused-ring (bicyclic) bond motifs is 1. The Morgan fingerprint density at radius 1 is 1.10 bits per heavy atom. The molecule has 0 aliphatic rings. The van der Waals surface area contributed by atoms with Gasteiger partial charge < -0.3 is 14.8 Å². The Bertz CT molecular complexity index is 788. The molecule has 3 aromatic rings. The summed E-state index contributed by atoms with van der Waals surface area (Å²) < 4.78 is 12.8. The van der Waals surface area contributed by atoms with Crippen molar-refractivity contribution in [2.75, 3.05) is 19.5 Å². The number of methoxy groups -OCH3 is 2. The molecule has 0 fully saturated rings. The summed E-state index contributed by atoms with van der Waals surface area (Å²) in [7, 11) is 3.28. The molecule has 21 heavy (non-hydrogen) atoms. The zero-order valence-corrected chi connectivity index (χ0v) is 13.9. The van der Waals surface area contributed by atoms with Crippen molar-refractivity contribution in [3.63, 3.8) is 0 Å². The first-order valence-electron chi connectivity index (χ1n) is 6.25. The topological polar surface area (TPSA) is 43.4 Å². The van der Waals surface area contributed by atoms with Crippen LogP contribution >= 0.6 is 27.3 Å². The SMILES string of the molecule is COc1ccc(OC)c(Nc2nc3cc(Br)ccc3s2)c1. The van der Waals surface area contributed by atoms with E-state index in [4.69, 9.17) is 9.47 Å². The third kappa shape index (κ3) is 2.96.